The van der Waals surface area contributed by atoms with E-state index in [2.05, 4.69) is 29.2 Å². The lowest BCUT2D eigenvalue weighted by molar-refractivity contribution is 0.0952. The second kappa shape index (κ2) is 9.48. The van der Waals surface area contributed by atoms with Crippen LogP contribution in [0.3, 0.4) is 0 Å². The first-order valence-electron chi connectivity index (χ1n) is 10.3. The highest BCUT2D eigenvalue weighted by atomic mass is 19.1. The van der Waals surface area contributed by atoms with Gasteiger partial charge in [-0.05, 0) is 49.8 Å². The van der Waals surface area contributed by atoms with Crippen LogP contribution in [-0.4, -0.2) is 46.8 Å². The van der Waals surface area contributed by atoms with Crippen LogP contribution in [0.4, 0.5) is 8.78 Å². The van der Waals surface area contributed by atoms with Crippen LogP contribution in [0, 0.1) is 23.5 Å². The van der Waals surface area contributed by atoms with Crippen molar-refractivity contribution in [3.63, 3.8) is 0 Å². The van der Waals surface area contributed by atoms with Crippen molar-refractivity contribution >= 4 is 5.91 Å². The minimum atomic E-state index is -0.734. The Hall–Kier alpha value is -2.28. The number of halogens is 2. The fraction of sp³-hybridized carbons (Fsp3) is 0.545. The van der Waals surface area contributed by atoms with Gasteiger partial charge in [0.2, 0.25) is 0 Å². The van der Waals surface area contributed by atoms with Crippen LogP contribution in [0.1, 0.15) is 43.5 Å². The number of rotatable bonds is 7. The van der Waals surface area contributed by atoms with Crippen LogP contribution in [0.2, 0.25) is 0 Å². The quantitative estimate of drug-likeness (QED) is 0.713. The molecule has 0 aliphatic carbocycles. The molecule has 1 fully saturated rings. The van der Waals surface area contributed by atoms with E-state index in [4.69, 9.17) is 0 Å². The highest BCUT2D eigenvalue weighted by Gasteiger charge is 2.22. The number of amides is 1. The van der Waals surface area contributed by atoms with Gasteiger partial charge in [0.25, 0.3) is 5.91 Å². The van der Waals surface area contributed by atoms with Crippen molar-refractivity contribution < 1.29 is 13.6 Å². The van der Waals surface area contributed by atoms with Crippen LogP contribution in [0.5, 0.6) is 0 Å². The van der Waals surface area contributed by atoms with E-state index in [0.717, 1.165) is 56.4 Å². The van der Waals surface area contributed by atoms with Crippen LogP contribution >= 0.6 is 0 Å². The number of piperidine rings is 1. The van der Waals surface area contributed by atoms with Gasteiger partial charge in [0.05, 0.1) is 5.56 Å². The van der Waals surface area contributed by atoms with Gasteiger partial charge < -0.3 is 10.2 Å². The summed E-state index contributed by atoms with van der Waals surface area (Å²) in [6.07, 6.45) is 4.76. The monoisotopic (exact) mass is 404 g/mol. The van der Waals surface area contributed by atoms with Gasteiger partial charge in [0.1, 0.15) is 17.3 Å². The molecule has 3 rings (SSSR count). The summed E-state index contributed by atoms with van der Waals surface area (Å²) in [6.45, 7) is 8.51. The number of aromatic nitrogens is 2. The maximum Gasteiger partial charge on any atom is 0.255 e. The fourth-order valence-electron chi connectivity index (χ4n) is 4.27. The molecule has 0 radical (unpaired) electrons. The number of unbranched alkanes of at least 4 members (excludes halogenated alkanes) is 1. The van der Waals surface area contributed by atoms with Crippen molar-refractivity contribution in [3.05, 3.63) is 41.6 Å². The third kappa shape index (κ3) is 5.63. The fourth-order valence-corrected chi connectivity index (χ4v) is 4.27. The number of hydrogen-bond donors (Lipinski definition) is 1. The molecule has 2 heterocycles. The number of carbonyl (C=O) groups is 1. The first-order chi connectivity index (χ1) is 13.8. The Kier molecular flexibility index (Phi) is 7.00. The molecule has 158 valence electrons. The molecule has 5 nitrogen and oxygen atoms in total. The molecule has 1 amide bonds. The lowest BCUT2D eigenvalue weighted by atomic mass is 9.92. The molecule has 2 aromatic rings. The maximum absolute atomic E-state index is 14.1. The van der Waals surface area contributed by atoms with E-state index in [-0.39, 0.29) is 22.7 Å². The second-order valence-corrected chi connectivity index (χ2v) is 8.36. The van der Waals surface area contributed by atoms with Gasteiger partial charge >= 0.3 is 0 Å². The SMILES string of the molecule is CC1CC(C)CN(CCCCNC(=O)c2cn(C)nc2-c2ccc(F)cc2F)C1. The average molecular weight is 405 g/mol. The van der Waals surface area contributed by atoms with Gasteiger partial charge in [-0.1, -0.05) is 13.8 Å². The third-order valence-electron chi connectivity index (χ3n) is 5.39. The number of nitrogens with zero attached hydrogens (tertiary/aromatic N) is 3. The molecule has 1 N–H and O–H groups in total. The van der Waals surface area contributed by atoms with Crippen molar-refractivity contribution in [2.75, 3.05) is 26.2 Å². The number of nitrogens with one attached hydrogen (secondary N) is 1. The molecule has 1 aromatic carbocycles. The molecule has 2 unspecified atom stereocenters. The summed E-state index contributed by atoms with van der Waals surface area (Å²) in [5.41, 5.74) is 0.626. The summed E-state index contributed by atoms with van der Waals surface area (Å²) < 4.78 is 28.8. The van der Waals surface area contributed by atoms with Crippen molar-refractivity contribution in [2.24, 2.45) is 18.9 Å². The normalized spacial score (nSPS) is 20.0. The lowest BCUT2D eigenvalue weighted by Gasteiger charge is -2.34. The number of aryl methyl sites for hydroxylation is 1. The number of benzene rings is 1. The summed E-state index contributed by atoms with van der Waals surface area (Å²) in [7, 11) is 1.67. The Morgan fingerprint density at radius 1 is 1.21 bits per heavy atom. The zero-order valence-electron chi connectivity index (χ0n) is 17.4. The number of likely N-dealkylation sites (tertiary alicyclic amines) is 1. The standard InChI is InChI=1S/C22H30F2N4O/c1-15-10-16(2)13-28(12-15)9-5-4-8-25-22(29)19-14-27(3)26-21(19)18-7-6-17(23)11-20(18)24/h6-7,11,14-16H,4-5,8-10,12-13H2,1-3H3,(H,25,29). The topological polar surface area (TPSA) is 50.2 Å². The molecular formula is C22H30F2N4O. The van der Waals surface area contributed by atoms with Gasteiger partial charge in [-0.2, -0.15) is 5.10 Å². The molecule has 29 heavy (non-hydrogen) atoms. The minimum Gasteiger partial charge on any atom is -0.352 e. The minimum absolute atomic E-state index is 0.116. The molecule has 2 atom stereocenters. The van der Waals surface area contributed by atoms with Gasteiger partial charge in [-0.15, -0.1) is 0 Å². The highest BCUT2D eigenvalue weighted by molar-refractivity contribution is 5.99. The predicted octanol–water partition coefficient (Wildman–Crippen LogP) is 3.85. The maximum atomic E-state index is 14.1. The number of carbonyl (C=O) groups excluding carboxylic acids is 1. The van der Waals surface area contributed by atoms with E-state index < -0.39 is 11.6 Å². The van der Waals surface area contributed by atoms with Crippen molar-refractivity contribution in [3.8, 4) is 11.3 Å². The molecule has 1 aliphatic heterocycles. The Labute approximate surface area is 171 Å². The van der Waals surface area contributed by atoms with Gasteiger partial charge in [-0.3, -0.25) is 9.48 Å². The van der Waals surface area contributed by atoms with E-state index in [1.54, 1.807) is 13.2 Å². The summed E-state index contributed by atoms with van der Waals surface area (Å²) in [4.78, 5) is 15.1. The first-order valence-corrected chi connectivity index (χ1v) is 10.3. The van der Waals surface area contributed by atoms with Crippen LogP contribution in [-0.2, 0) is 7.05 Å². The van der Waals surface area contributed by atoms with Crippen LogP contribution in [0.15, 0.2) is 24.4 Å². The Morgan fingerprint density at radius 3 is 2.62 bits per heavy atom. The summed E-state index contributed by atoms with van der Waals surface area (Å²) in [6, 6.07) is 3.27. The summed E-state index contributed by atoms with van der Waals surface area (Å²) >= 11 is 0. The Morgan fingerprint density at radius 2 is 1.93 bits per heavy atom. The largest absolute Gasteiger partial charge is 0.352 e. The summed E-state index contributed by atoms with van der Waals surface area (Å²) in [5, 5.41) is 7.10. The molecule has 7 heteroatoms. The van der Waals surface area contributed by atoms with E-state index in [9.17, 15) is 13.6 Å². The molecular weight excluding hydrogens is 374 g/mol. The Balaban J connectivity index is 1.52. The van der Waals surface area contributed by atoms with Gasteiger partial charge in [0.15, 0.2) is 0 Å². The molecule has 1 aromatic heterocycles. The molecule has 0 bridgehead atoms. The first kappa shape index (κ1) is 21.4. The molecule has 0 saturated carbocycles. The zero-order chi connectivity index (χ0) is 21.0. The smallest absolute Gasteiger partial charge is 0.255 e. The number of hydrogen-bond acceptors (Lipinski definition) is 3. The summed E-state index contributed by atoms with van der Waals surface area (Å²) in [5.74, 6) is -0.200. The van der Waals surface area contributed by atoms with Crippen LogP contribution in [0.25, 0.3) is 11.3 Å². The predicted molar refractivity (Wildman–Crippen MR) is 110 cm³/mol. The zero-order valence-corrected chi connectivity index (χ0v) is 17.4. The lowest BCUT2D eigenvalue weighted by Crippen LogP contribution is -2.39. The third-order valence-corrected chi connectivity index (χ3v) is 5.39. The highest BCUT2D eigenvalue weighted by Crippen LogP contribution is 2.25. The van der Waals surface area contributed by atoms with Gasteiger partial charge in [0, 0.05) is 44.5 Å². The average Bonchev–Trinajstić information content (AvgIpc) is 3.02. The van der Waals surface area contributed by atoms with E-state index >= 15 is 0 Å². The van der Waals surface area contributed by atoms with Crippen molar-refractivity contribution in [1.29, 1.82) is 0 Å². The molecule has 1 saturated heterocycles. The van der Waals surface area contributed by atoms with E-state index in [1.165, 1.54) is 17.2 Å². The molecule has 0 spiro atoms. The van der Waals surface area contributed by atoms with Crippen molar-refractivity contribution in [2.45, 2.75) is 33.1 Å². The molecule has 1 aliphatic rings. The van der Waals surface area contributed by atoms with E-state index in [0.29, 0.717) is 6.54 Å². The van der Waals surface area contributed by atoms with Crippen LogP contribution < -0.4 is 5.32 Å². The van der Waals surface area contributed by atoms with Crippen molar-refractivity contribution in [1.82, 2.24) is 20.0 Å². The van der Waals surface area contributed by atoms with E-state index in [1.807, 2.05) is 0 Å². The Bertz CT molecular complexity index is 841. The van der Waals surface area contributed by atoms with Gasteiger partial charge in [-0.25, -0.2) is 8.78 Å². The second-order valence-electron chi connectivity index (χ2n) is 8.36.